The number of amides is 2. The van der Waals surface area contributed by atoms with Gasteiger partial charge in [-0.25, -0.2) is 4.98 Å². The second-order valence-corrected chi connectivity index (χ2v) is 10.2. The molecule has 0 spiro atoms. The summed E-state index contributed by atoms with van der Waals surface area (Å²) in [7, 11) is 0. The Labute approximate surface area is 209 Å². The molecule has 4 aromatic rings. The van der Waals surface area contributed by atoms with Gasteiger partial charge in [-0.05, 0) is 48.2 Å². The standard InChI is InChI=1S/C29H27N3O2S/c1-18(2)28(34)32-16-15-21-17-22(13-14-25(21)32)26-19(3)35-29(30-26)31-27(33)24-12-8-7-11-23(24)20-9-5-4-6-10-20/h4-14,17-18H,15-16H2,1-3H3,(H,30,31,33). The molecule has 0 fully saturated rings. The number of hydrogen-bond acceptors (Lipinski definition) is 4. The van der Waals surface area contributed by atoms with Crippen LogP contribution in [0.3, 0.4) is 0 Å². The van der Waals surface area contributed by atoms with Gasteiger partial charge in [0.2, 0.25) is 5.91 Å². The van der Waals surface area contributed by atoms with Crippen LogP contribution in [0.4, 0.5) is 10.8 Å². The first-order chi connectivity index (χ1) is 16.9. The fraction of sp³-hybridized carbons (Fsp3) is 0.207. The van der Waals surface area contributed by atoms with E-state index in [1.165, 1.54) is 11.3 Å². The first-order valence-corrected chi connectivity index (χ1v) is 12.6. The molecule has 1 aliphatic heterocycles. The summed E-state index contributed by atoms with van der Waals surface area (Å²) in [6.07, 6.45) is 0.838. The van der Waals surface area contributed by atoms with Gasteiger partial charge in [0.05, 0.1) is 5.69 Å². The molecular weight excluding hydrogens is 454 g/mol. The molecule has 35 heavy (non-hydrogen) atoms. The van der Waals surface area contributed by atoms with Gasteiger partial charge in [0.15, 0.2) is 5.13 Å². The molecule has 0 aliphatic carbocycles. The van der Waals surface area contributed by atoms with E-state index in [-0.39, 0.29) is 17.7 Å². The Kier molecular flexibility index (Phi) is 6.22. The van der Waals surface area contributed by atoms with E-state index in [2.05, 4.69) is 11.4 Å². The molecule has 5 nitrogen and oxygen atoms in total. The minimum Gasteiger partial charge on any atom is -0.312 e. The zero-order valence-corrected chi connectivity index (χ0v) is 20.9. The average molecular weight is 482 g/mol. The molecule has 2 heterocycles. The number of hydrogen-bond donors (Lipinski definition) is 1. The van der Waals surface area contributed by atoms with Crippen molar-refractivity contribution in [2.45, 2.75) is 27.2 Å². The lowest BCUT2D eigenvalue weighted by Gasteiger charge is -2.19. The van der Waals surface area contributed by atoms with E-state index in [9.17, 15) is 9.59 Å². The van der Waals surface area contributed by atoms with Crippen molar-refractivity contribution in [2.24, 2.45) is 5.92 Å². The Bertz CT molecular complexity index is 1410. The Morgan fingerprint density at radius 2 is 1.71 bits per heavy atom. The van der Waals surface area contributed by atoms with Crippen LogP contribution >= 0.6 is 11.3 Å². The predicted molar refractivity (Wildman–Crippen MR) is 143 cm³/mol. The van der Waals surface area contributed by atoms with Crippen molar-refractivity contribution in [3.8, 4) is 22.4 Å². The van der Waals surface area contributed by atoms with Gasteiger partial charge >= 0.3 is 0 Å². The normalized spacial score (nSPS) is 12.6. The maximum atomic E-state index is 13.2. The summed E-state index contributed by atoms with van der Waals surface area (Å²) in [5.74, 6) is -0.0525. The van der Waals surface area contributed by atoms with E-state index in [1.54, 1.807) is 0 Å². The quantitative estimate of drug-likeness (QED) is 0.350. The van der Waals surface area contributed by atoms with Crippen molar-refractivity contribution >= 4 is 34.0 Å². The highest BCUT2D eigenvalue weighted by Crippen LogP contribution is 2.36. The Hall–Kier alpha value is -3.77. The van der Waals surface area contributed by atoms with Gasteiger partial charge in [0.25, 0.3) is 5.91 Å². The lowest BCUT2D eigenvalue weighted by atomic mass is 9.99. The molecule has 2 amide bonds. The van der Waals surface area contributed by atoms with Crippen LogP contribution in [0.5, 0.6) is 0 Å². The van der Waals surface area contributed by atoms with Gasteiger partial charge in [0.1, 0.15) is 0 Å². The van der Waals surface area contributed by atoms with E-state index in [1.807, 2.05) is 92.4 Å². The number of rotatable bonds is 5. The maximum absolute atomic E-state index is 13.2. The first-order valence-electron chi connectivity index (χ1n) is 11.8. The van der Waals surface area contributed by atoms with E-state index >= 15 is 0 Å². The number of thiazole rings is 1. The molecule has 0 saturated heterocycles. The fourth-order valence-corrected chi connectivity index (χ4v) is 5.35. The number of aromatic nitrogens is 1. The molecule has 0 bridgehead atoms. The molecule has 1 N–H and O–H groups in total. The van der Waals surface area contributed by atoms with Crippen LogP contribution in [0.25, 0.3) is 22.4 Å². The summed E-state index contributed by atoms with van der Waals surface area (Å²) in [4.78, 5) is 33.4. The Morgan fingerprint density at radius 3 is 2.49 bits per heavy atom. The van der Waals surface area contributed by atoms with Gasteiger partial charge in [-0.15, -0.1) is 11.3 Å². The third-order valence-corrected chi connectivity index (χ3v) is 7.17. The van der Waals surface area contributed by atoms with Crippen LogP contribution in [0.1, 0.15) is 34.6 Å². The molecule has 0 unspecified atom stereocenters. The molecule has 3 aromatic carbocycles. The zero-order valence-electron chi connectivity index (χ0n) is 20.0. The lowest BCUT2D eigenvalue weighted by molar-refractivity contribution is -0.121. The summed E-state index contributed by atoms with van der Waals surface area (Å²) in [6, 6.07) is 23.7. The van der Waals surface area contributed by atoms with Crippen molar-refractivity contribution in [2.75, 3.05) is 16.8 Å². The molecule has 176 valence electrons. The number of aryl methyl sites for hydroxylation is 1. The highest BCUT2D eigenvalue weighted by atomic mass is 32.1. The summed E-state index contributed by atoms with van der Waals surface area (Å²) in [5.41, 5.74) is 6.51. The summed E-state index contributed by atoms with van der Waals surface area (Å²) in [6.45, 7) is 6.60. The van der Waals surface area contributed by atoms with Crippen LogP contribution in [-0.2, 0) is 11.2 Å². The number of carbonyl (C=O) groups is 2. The number of nitrogens with one attached hydrogen (secondary N) is 1. The number of nitrogens with zero attached hydrogens (tertiary/aromatic N) is 2. The van der Waals surface area contributed by atoms with Gasteiger partial charge in [-0.2, -0.15) is 0 Å². The summed E-state index contributed by atoms with van der Waals surface area (Å²) < 4.78 is 0. The van der Waals surface area contributed by atoms with E-state index in [0.717, 1.165) is 44.9 Å². The van der Waals surface area contributed by atoms with Gasteiger partial charge in [0, 0.05) is 34.2 Å². The Balaban J connectivity index is 1.39. The zero-order chi connectivity index (χ0) is 24.5. The maximum Gasteiger partial charge on any atom is 0.258 e. The molecule has 1 aromatic heterocycles. The third-order valence-electron chi connectivity index (χ3n) is 6.28. The molecule has 0 atom stereocenters. The van der Waals surface area contributed by atoms with Crippen molar-refractivity contribution in [1.29, 1.82) is 0 Å². The first kappa shape index (κ1) is 23.0. The third kappa shape index (κ3) is 4.49. The van der Waals surface area contributed by atoms with Gasteiger partial charge in [-0.1, -0.05) is 68.4 Å². The van der Waals surface area contributed by atoms with Crippen LogP contribution in [-0.4, -0.2) is 23.3 Å². The minimum atomic E-state index is -0.179. The largest absolute Gasteiger partial charge is 0.312 e. The lowest BCUT2D eigenvalue weighted by Crippen LogP contribution is -2.32. The molecule has 0 saturated carbocycles. The molecule has 1 aliphatic rings. The van der Waals surface area contributed by atoms with E-state index in [0.29, 0.717) is 17.2 Å². The molecular formula is C29H27N3O2S. The predicted octanol–water partition coefficient (Wildman–Crippen LogP) is 6.58. The number of fused-ring (bicyclic) bond motifs is 1. The van der Waals surface area contributed by atoms with E-state index in [4.69, 9.17) is 4.98 Å². The van der Waals surface area contributed by atoms with Gasteiger partial charge < -0.3 is 4.90 Å². The summed E-state index contributed by atoms with van der Waals surface area (Å²) >= 11 is 1.47. The fourth-order valence-electron chi connectivity index (χ4n) is 4.52. The molecule has 6 heteroatoms. The van der Waals surface area contributed by atoms with Crippen LogP contribution in [0.2, 0.25) is 0 Å². The number of benzene rings is 3. The molecule has 5 rings (SSSR count). The number of anilines is 2. The van der Waals surface area contributed by atoms with Gasteiger partial charge in [-0.3, -0.25) is 14.9 Å². The highest BCUT2D eigenvalue weighted by Gasteiger charge is 2.27. The summed E-state index contributed by atoms with van der Waals surface area (Å²) in [5, 5.41) is 3.57. The van der Waals surface area contributed by atoms with Crippen LogP contribution in [0.15, 0.2) is 72.8 Å². The topological polar surface area (TPSA) is 62.3 Å². The SMILES string of the molecule is Cc1sc(NC(=O)c2ccccc2-c2ccccc2)nc1-c1ccc2c(c1)CCN2C(=O)C(C)C. The van der Waals surface area contributed by atoms with Crippen molar-refractivity contribution in [3.63, 3.8) is 0 Å². The molecule has 0 radical (unpaired) electrons. The highest BCUT2D eigenvalue weighted by molar-refractivity contribution is 7.16. The van der Waals surface area contributed by atoms with Crippen molar-refractivity contribution in [1.82, 2.24) is 4.98 Å². The Morgan fingerprint density at radius 1 is 0.971 bits per heavy atom. The van der Waals surface area contributed by atoms with Crippen molar-refractivity contribution < 1.29 is 9.59 Å². The smallest absolute Gasteiger partial charge is 0.258 e. The minimum absolute atomic E-state index is 0.0281. The second-order valence-electron chi connectivity index (χ2n) is 9.03. The van der Waals surface area contributed by atoms with Crippen molar-refractivity contribution in [3.05, 3.63) is 88.8 Å². The second kappa shape index (κ2) is 9.47. The monoisotopic (exact) mass is 481 g/mol. The van der Waals surface area contributed by atoms with E-state index < -0.39 is 0 Å². The van der Waals surface area contributed by atoms with Crippen LogP contribution < -0.4 is 10.2 Å². The van der Waals surface area contributed by atoms with Crippen LogP contribution in [0, 0.1) is 12.8 Å². The number of carbonyl (C=O) groups excluding carboxylic acids is 2. The average Bonchev–Trinajstić information content (AvgIpc) is 3.46.